The van der Waals surface area contributed by atoms with Gasteiger partial charge in [0.1, 0.15) is 4.90 Å². The van der Waals surface area contributed by atoms with E-state index < -0.39 is 15.9 Å². The van der Waals surface area contributed by atoms with Crippen LogP contribution in [-0.2, 0) is 14.3 Å². The van der Waals surface area contributed by atoms with Gasteiger partial charge in [-0.25, -0.2) is 0 Å². The van der Waals surface area contributed by atoms with Crippen LogP contribution >= 0.6 is 23.2 Å². The van der Waals surface area contributed by atoms with Gasteiger partial charge in [0.2, 0.25) is 0 Å². The normalized spacial score (nSPS) is 11.6. The van der Waals surface area contributed by atoms with Gasteiger partial charge >= 0.3 is 0 Å². The van der Waals surface area contributed by atoms with Gasteiger partial charge in [-0.05, 0) is 49.2 Å². The average molecular weight is 439 g/mol. The van der Waals surface area contributed by atoms with Crippen molar-refractivity contribution in [2.45, 2.75) is 18.7 Å². The summed E-state index contributed by atoms with van der Waals surface area (Å²) in [5.74, 6) is -0.410. The van der Waals surface area contributed by atoms with Crippen LogP contribution in [0.5, 0.6) is 0 Å². The second-order valence-electron chi connectivity index (χ2n) is 6.11. The molecule has 28 heavy (non-hydrogen) atoms. The highest BCUT2D eigenvalue weighted by Crippen LogP contribution is 2.35. The fourth-order valence-corrected chi connectivity index (χ4v) is 4.28. The number of aryl methyl sites for hydroxylation is 1. The molecule has 6 nitrogen and oxygen atoms in total. The first-order chi connectivity index (χ1) is 13.2. The Labute approximate surface area is 172 Å². The van der Waals surface area contributed by atoms with Crippen molar-refractivity contribution >= 4 is 39.1 Å². The second kappa shape index (κ2) is 7.67. The van der Waals surface area contributed by atoms with Crippen LogP contribution in [0.15, 0.2) is 41.4 Å². The quantitative estimate of drug-likeness (QED) is 0.465. The Balaban J connectivity index is 2.25. The summed E-state index contributed by atoms with van der Waals surface area (Å²) in [5.41, 5.74) is 2.54. The molecule has 0 atom stereocenters. The fourth-order valence-electron chi connectivity index (χ4n) is 2.87. The maximum absolute atomic E-state index is 13.1. The van der Waals surface area contributed by atoms with Crippen molar-refractivity contribution in [2.75, 3.05) is 7.11 Å². The summed E-state index contributed by atoms with van der Waals surface area (Å²) < 4.78 is 29.6. The van der Waals surface area contributed by atoms with Crippen molar-refractivity contribution in [3.05, 3.63) is 68.8 Å². The topological polar surface area (TPSA) is 89.1 Å². The molecular weight excluding hydrogens is 423 g/mol. The molecule has 0 unspecified atom stereocenters. The second-order valence-corrected chi connectivity index (χ2v) is 8.64. The molecule has 3 aromatic rings. The highest BCUT2D eigenvalue weighted by molar-refractivity contribution is 7.86. The summed E-state index contributed by atoms with van der Waals surface area (Å²) >= 11 is 12.1. The van der Waals surface area contributed by atoms with E-state index in [0.29, 0.717) is 16.1 Å². The Hall–Kier alpha value is -2.19. The van der Waals surface area contributed by atoms with Crippen molar-refractivity contribution in [2.24, 2.45) is 0 Å². The molecule has 0 spiro atoms. The van der Waals surface area contributed by atoms with Crippen LogP contribution in [0.1, 0.15) is 27.0 Å². The molecule has 1 heterocycles. The SMILES string of the molecule is COS(=O)(=O)c1ccc(C)c(C)c1-c1[nH]ncc1C(=O)c1ccc(Cl)cc1Cl. The number of H-pyrrole nitrogens is 1. The van der Waals surface area contributed by atoms with Gasteiger partial charge in [-0.15, -0.1) is 0 Å². The van der Waals surface area contributed by atoms with Crippen LogP contribution in [0, 0.1) is 13.8 Å². The Morgan fingerprint density at radius 2 is 1.82 bits per heavy atom. The van der Waals surface area contributed by atoms with Crippen LogP contribution in [-0.4, -0.2) is 31.5 Å². The summed E-state index contributed by atoms with van der Waals surface area (Å²) in [5, 5.41) is 7.30. The Bertz CT molecular complexity index is 1190. The summed E-state index contributed by atoms with van der Waals surface area (Å²) in [7, 11) is -2.93. The summed E-state index contributed by atoms with van der Waals surface area (Å²) in [6, 6.07) is 7.66. The lowest BCUT2D eigenvalue weighted by Crippen LogP contribution is -2.09. The predicted molar refractivity (Wildman–Crippen MR) is 108 cm³/mol. The molecule has 0 fully saturated rings. The molecule has 0 bridgehead atoms. The van der Waals surface area contributed by atoms with Gasteiger partial charge in [0.15, 0.2) is 5.78 Å². The summed E-state index contributed by atoms with van der Waals surface area (Å²) in [4.78, 5) is 13.0. The maximum Gasteiger partial charge on any atom is 0.297 e. The molecular formula is C19H16Cl2N2O4S. The number of aromatic amines is 1. The number of ketones is 1. The monoisotopic (exact) mass is 438 g/mol. The van der Waals surface area contributed by atoms with Crippen LogP contribution in [0.2, 0.25) is 10.0 Å². The first-order valence-corrected chi connectivity index (χ1v) is 10.3. The molecule has 2 aromatic carbocycles. The number of carbonyl (C=O) groups is 1. The molecule has 3 rings (SSSR count). The molecule has 0 aliphatic carbocycles. The lowest BCUT2D eigenvalue weighted by molar-refractivity contribution is 0.103. The van der Waals surface area contributed by atoms with Crippen LogP contribution < -0.4 is 0 Å². The first kappa shape index (κ1) is 20.5. The number of nitrogens with zero attached hydrogens (tertiary/aromatic N) is 1. The van der Waals surface area contributed by atoms with E-state index in [9.17, 15) is 13.2 Å². The molecule has 1 N–H and O–H groups in total. The molecule has 0 radical (unpaired) electrons. The van der Waals surface area contributed by atoms with E-state index in [1.807, 2.05) is 6.92 Å². The zero-order valence-corrected chi connectivity index (χ0v) is 17.5. The number of carbonyl (C=O) groups excluding carboxylic acids is 1. The molecule has 0 saturated carbocycles. The zero-order chi connectivity index (χ0) is 20.6. The number of hydrogen-bond acceptors (Lipinski definition) is 5. The van der Waals surface area contributed by atoms with Gasteiger partial charge in [0, 0.05) is 16.1 Å². The van der Waals surface area contributed by atoms with Crippen molar-refractivity contribution in [3.8, 4) is 11.3 Å². The highest BCUT2D eigenvalue weighted by atomic mass is 35.5. The van der Waals surface area contributed by atoms with Crippen molar-refractivity contribution in [1.29, 1.82) is 0 Å². The molecule has 0 amide bonds. The Morgan fingerprint density at radius 3 is 2.46 bits per heavy atom. The number of aromatic nitrogens is 2. The van der Waals surface area contributed by atoms with Gasteiger partial charge in [-0.2, -0.15) is 13.5 Å². The van der Waals surface area contributed by atoms with Crippen LogP contribution in [0.3, 0.4) is 0 Å². The van der Waals surface area contributed by atoms with Crippen LogP contribution in [0.25, 0.3) is 11.3 Å². The number of halogens is 2. The van der Waals surface area contributed by atoms with Crippen molar-refractivity contribution in [3.63, 3.8) is 0 Å². The van der Waals surface area contributed by atoms with E-state index in [2.05, 4.69) is 10.2 Å². The predicted octanol–water partition coefficient (Wildman–Crippen LogP) is 4.57. The van der Waals surface area contributed by atoms with Crippen molar-refractivity contribution in [1.82, 2.24) is 10.2 Å². The Kier molecular flexibility index (Phi) is 5.63. The number of rotatable bonds is 5. The third-order valence-electron chi connectivity index (χ3n) is 4.50. The van der Waals surface area contributed by atoms with Gasteiger partial charge in [0.25, 0.3) is 10.1 Å². The minimum atomic E-state index is -4.02. The summed E-state index contributed by atoms with van der Waals surface area (Å²) in [6.45, 7) is 3.61. The number of benzene rings is 2. The highest BCUT2D eigenvalue weighted by Gasteiger charge is 2.27. The third-order valence-corrected chi connectivity index (χ3v) is 6.36. The first-order valence-electron chi connectivity index (χ1n) is 8.11. The van der Waals surface area contributed by atoms with E-state index in [0.717, 1.165) is 12.7 Å². The van der Waals surface area contributed by atoms with Gasteiger partial charge in [-0.3, -0.25) is 14.1 Å². The average Bonchev–Trinajstić information content (AvgIpc) is 3.12. The van der Waals surface area contributed by atoms with E-state index in [4.69, 9.17) is 27.4 Å². The maximum atomic E-state index is 13.1. The van der Waals surface area contributed by atoms with E-state index in [-0.39, 0.29) is 26.7 Å². The molecule has 1 aromatic heterocycles. The van der Waals surface area contributed by atoms with Crippen LogP contribution in [0.4, 0.5) is 0 Å². The lowest BCUT2D eigenvalue weighted by atomic mass is 9.95. The smallest absolute Gasteiger partial charge is 0.288 e. The van der Waals surface area contributed by atoms with Crippen molar-refractivity contribution < 1.29 is 17.4 Å². The molecule has 0 aliphatic rings. The standard InChI is InChI=1S/C19H16Cl2N2O4S/c1-10-4-7-16(28(25,26)27-3)17(11(10)2)18-14(9-22-23-18)19(24)13-6-5-12(20)8-15(13)21/h4-9H,1-3H3,(H,22,23). The fraction of sp³-hybridized carbons (Fsp3) is 0.158. The summed E-state index contributed by atoms with van der Waals surface area (Å²) in [6.07, 6.45) is 1.34. The largest absolute Gasteiger partial charge is 0.297 e. The minimum Gasteiger partial charge on any atom is -0.288 e. The molecule has 146 valence electrons. The van der Waals surface area contributed by atoms with Gasteiger partial charge in [-0.1, -0.05) is 29.3 Å². The molecule has 0 aliphatic heterocycles. The van der Waals surface area contributed by atoms with E-state index in [1.54, 1.807) is 19.1 Å². The lowest BCUT2D eigenvalue weighted by Gasteiger charge is -2.14. The minimum absolute atomic E-state index is 0.0568. The third kappa shape index (κ3) is 3.58. The number of hydrogen-bond donors (Lipinski definition) is 1. The van der Waals surface area contributed by atoms with Gasteiger partial charge < -0.3 is 0 Å². The Morgan fingerprint density at radius 1 is 1.11 bits per heavy atom. The zero-order valence-electron chi connectivity index (χ0n) is 15.2. The van der Waals surface area contributed by atoms with E-state index >= 15 is 0 Å². The molecule has 9 heteroatoms. The number of nitrogens with one attached hydrogen (secondary N) is 1. The molecule has 0 saturated heterocycles. The van der Waals surface area contributed by atoms with E-state index in [1.165, 1.54) is 24.4 Å². The van der Waals surface area contributed by atoms with Gasteiger partial charge in [0.05, 0.1) is 29.6 Å².